The predicted molar refractivity (Wildman–Crippen MR) is 71.3 cm³/mol. The van der Waals surface area contributed by atoms with Gasteiger partial charge in [-0.15, -0.1) is 0 Å². The molecule has 18 heavy (non-hydrogen) atoms. The molecular weight excluding hydrogens is 248 g/mol. The van der Waals surface area contributed by atoms with Gasteiger partial charge in [-0.05, 0) is 17.4 Å². The molecule has 0 aromatic carbocycles. The molecule has 1 aromatic rings. The number of aromatic nitrogens is 2. The van der Waals surface area contributed by atoms with Gasteiger partial charge in [0.2, 0.25) is 0 Å². The molecule has 0 unspecified atom stereocenters. The molecule has 0 radical (unpaired) electrons. The molecule has 0 N–H and O–H groups in total. The van der Waals surface area contributed by atoms with E-state index in [2.05, 4.69) is 23.8 Å². The van der Waals surface area contributed by atoms with E-state index in [9.17, 15) is 0 Å². The van der Waals surface area contributed by atoms with Gasteiger partial charge in [0, 0.05) is 39.8 Å². The van der Waals surface area contributed by atoms with Crippen molar-refractivity contribution < 1.29 is 13.3 Å². The summed E-state index contributed by atoms with van der Waals surface area (Å²) in [6.07, 6.45) is 6.13. The molecule has 0 aliphatic rings. The van der Waals surface area contributed by atoms with Crippen molar-refractivity contribution in [3.63, 3.8) is 0 Å². The van der Waals surface area contributed by atoms with E-state index in [0.717, 1.165) is 18.0 Å². The van der Waals surface area contributed by atoms with Crippen molar-refractivity contribution in [3.05, 3.63) is 24.3 Å². The van der Waals surface area contributed by atoms with Crippen molar-refractivity contribution >= 4 is 8.80 Å². The van der Waals surface area contributed by atoms with Crippen LogP contribution < -0.4 is 0 Å². The van der Waals surface area contributed by atoms with Crippen molar-refractivity contribution in [1.82, 2.24) is 9.97 Å². The first-order chi connectivity index (χ1) is 8.49. The first kappa shape index (κ1) is 15.2. The zero-order chi connectivity index (χ0) is 13.6. The highest BCUT2D eigenvalue weighted by molar-refractivity contribution is 6.60. The summed E-state index contributed by atoms with van der Waals surface area (Å²) >= 11 is 0. The molecule has 0 atom stereocenters. The smallest absolute Gasteiger partial charge is 0.377 e. The molecule has 1 rings (SSSR count). The van der Waals surface area contributed by atoms with Crippen LogP contribution in [0, 0.1) is 0 Å². The molecule has 102 valence electrons. The van der Waals surface area contributed by atoms with Gasteiger partial charge in [-0.2, -0.15) is 0 Å². The monoisotopic (exact) mass is 270 g/mol. The van der Waals surface area contributed by atoms with E-state index < -0.39 is 8.80 Å². The number of hydrogen-bond donors (Lipinski definition) is 0. The summed E-state index contributed by atoms with van der Waals surface area (Å²) in [5.74, 6) is 0. The minimum atomic E-state index is -2.50. The van der Waals surface area contributed by atoms with Gasteiger partial charge in [-0.25, -0.2) is 9.97 Å². The second kappa shape index (κ2) is 6.37. The van der Waals surface area contributed by atoms with E-state index in [1.165, 1.54) is 6.33 Å². The van der Waals surface area contributed by atoms with Crippen LogP contribution in [0.1, 0.15) is 25.8 Å². The van der Waals surface area contributed by atoms with Gasteiger partial charge >= 0.3 is 8.80 Å². The molecule has 0 spiro atoms. The lowest BCUT2D eigenvalue weighted by Crippen LogP contribution is -2.43. The maximum Gasteiger partial charge on any atom is 0.500 e. The van der Waals surface area contributed by atoms with Gasteiger partial charge in [-0.3, -0.25) is 0 Å². The van der Waals surface area contributed by atoms with E-state index in [-0.39, 0.29) is 5.41 Å². The molecule has 0 saturated heterocycles. The topological polar surface area (TPSA) is 53.5 Å². The Morgan fingerprint density at radius 3 is 2.00 bits per heavy atom. The predicted octanol–water partition coefficient (Wildman–Crippen LogP) is 2.02. The van der Waals surface area contributed by atoms with Gasteiger partial charge in [0.05, 0.1) is 0 Å². The average molecular weight is 270 g/mol. The normalized spacial score (nSPS) is 12.7. The van der Waals surface area contributed by atoms with Crippen LogP contribution in [0.4, 0.5) is 0 Å². The minimum absolute atomic E-state index is 0.0326. The van der Waals surface area contributed by atoms with Crippen LogP contribution in [0.3, 0.4) is 0 Å². The molecule has 5 nitrogen and oxygen atoms in total. The average Bonchev–Trinajstić information content (AvgIpc) is 2.42. The number of rotatable bonds is 7. The maximum absolute atomic E-state index is 5.43. The Balaban J connectivity index is 2.72. The van der Waals surface area contributed by atoms with Gasteiger partial charge in [-0.1, -0.05) is 13.8 Å². The zero-order valence-corrected chi connectivity index (χ0v) is 12.8. The van der Waals surface area contributed by atoms with E-state index in [4.69, 9.17) is 13.3 Å². The van der Waals surface area contributed by atoms with Crippen LogP contribution in [0.25, 0.3) is 0 Å². The molecule has 1 heterocycles. The van der Waals surface area contributed by atoms with E-state index >= 15 is 0 Å². The summed E-state index contributed by atoms with van der Waals surface area (Å²) in [4.78, 5) is 8.12. The Hall–Kier alpha value is -0.823. The summed E-state index contributed by atoms with van der Waals surface area (Å²) < 4.78 is 16.3. The third kappa shape index (κ3) is 3.58. The van der Waals surface area contributed by atoms with Crippen LogP contribution in [-0.4, -0.2) is 40.1 Å². The van der Waals surface area contributed by atoms with Gasteiger partial charge in [0.15, 0.2) is 0 Å². The van der Waals surface area contributed by atoms with Crippen molar-refractivity contribution in [2.45, 2.75) is 31.7 Å². The number of hydrogen-bond acceptors (Lipinski definition) is 5. The minimum Gasteiger partial charge on any atom is -0.377 e. The lowest BCUT2D eigenvalue weighted by Gasteiger charge is -2.30. The molecule has 0 saturated carbocycles. The molecule has 0 amide bonds. The molecular formula is C12H22N2O3Si. The third-order valence-electron chi connectivity index (χ3n) is 3.33. The van der Waals surface area contributed by atoms with Crippen LogP contribution in [0.2, 0.25) is 6.04 Å². The van der Waals surface area contributed by atoms with Gasteiger partial charge in [0.1, 0.15) is 6.33 Å². The summed E-state index contributed by atoms with van der Waals surface area (Å²) in [7, 11) is 2.41. The summed E-state index contributed by atoms with van der Waals surface area (Å²) in [5, 5.41) is 0. The lowest BCUT2D eigenvalue weighted by molar-refractivity contribution is 0.121. The number of nitrogens with zero attached hydrogens (tertiary/aromatic N) is 2. The standard InChI is InChI=1S/C12H22N2O3Si/c1-12(2,11-8-13-10-14-9-11)6-7-18(15-3,16-4)17-5/h8-10H,6-7H2,1-5H3. The summed E-state index contributed by atoms with van der Waals surface area (Å²) in [6.45, 7) is 4.32. The van der Waals surface area contributed by atoms with Crippen molar-refractivity contribution in [2.24, 2.45) is 0 Å². The van der Waals surface area contributed by atoms with Crippen molar-refractivity contribution in [1.29, 1.82) is 0 Å². The fraction of sp³-hybridized carbons (Fsp3) is 0.667. The Bertz CT molecular complexity index is 347. The second-order valence-electron chi connectivity index (χ2n) is 4.81. The zero-order valence-electron chi connectivity index (χ0n) is 11.8. The van der Waals surface area contributed by atoms with Crippen molar-refractivity contribution in [3.8, 4) is 0 Å². The fourth-order valence-corrected chi connectivity index (χ4v) is 3.86. The fourth-order valence-electron chi connectivity index (χ4n) is 1.81. The molecule has 0 aliphatic heterocycles. The third-order valence-corrected chi connectivity index (χ3v) is 6.06. The lowest BCUT2D eigenvalue weighted by atomic mass is 9.84. The van der Waals surface area contributed by atoms with E-state index in [0.29, 0.717) is 0 Å². The SMILES string of the molecule is CO[Si](CCC(C)(C)c1cncnc1)(OC)OC. The van der Waals surface area contributed by atoms with E-state index in [1.54, 1.807) is 21.3 Å². The van der Waals surface area contributed by atoms with Crippen LogP contribution in [0.5, 0.6) is 0 Å². The Labute approximate surface area is 110 Å². The second-order valence-corrected chi connectivity index (χ2v) is 7.90. The Morgan fingerprint density at radius 1 is 1.06 bits per heavy atom. The van der Waals surface area contributed by atoms with E-state index in [1.807, 2.05) is 12.4 Å². The first-order valence-corrected chi connectivity index (χ1v) is 7.84. The van der Waals surface area contributed by atoms with Gasteiger partial charge < -0.3 is 13.3 Å². The van der Waals surface area contributed by atoms with Crippen LogP contribution in [0.15, 0.2) is 18.7 Å². The molecule has 6 heteroatoms. The molecule has 0 bridgehead atoms. The molecule has 0 aliphatic carbocycles. The highest BCUT2D eigenvalue weighted by atomic mass is 28.4. The highest BCUT2D eigenvalue weighted by Gasteiger charge is 2.39. The summed E-state index contributed by atoms with van der Waals surface area (Å²) in [5.41, 5.74) is 1.07. The molecule has 1 aromatic heterocycles. The van der Waals surface area contributed by atoms with Crippen LogP contribution in [-0.2, 0) is 18.7 Å². The van der Waals surface area contributed by atoms with Gasteiger partial charge in [0.25, 0.3) is 0 Å². The Kier molecular flexibility index (Phi) is 5.40. The van der Waals surface area contributed by atoms with Crippen LogP contribution >= 0.6 is 0 Å². The highest BCUT2D eigenvalue weighted by Crippen LogP contribution is 2.30. The summed E-state index contributed by atoms with van der Waals surface area (Å²) in [6, 6.07) is 0.762. The first-order valence-electron chi connectivity index (χ1n) is 5.90. The molecule has 0 fully saturated rings. The van der Waals surface area contributed by atoms with Crippen molar-refractivity contribution in [2.75, 3.05) is 21.3 Å². The maximum atomic E-state index is 5.43. The largest absolute Gasteiger partial charge is 0.500 e. The Morgan fingerprint density at radius 2 is 1.56 bits per heavy atom. The quantitative estimate of drug-likeness (QED) is 0.710.